The molecule has 17 heavy (non-hydrogen) atoms. The Morgan fingerprint density at radius 2 is 2.12 bits per heavy atom. The first-order chi connectivity index (χ1) is 8.02. The third-order valence-electron chi connectivity index (χ3n) is 3.55. The lowest BCUT2D eigenvalue weighted by Crippen LogP contribution is -2.51. The Hall–Kier alpha value is -0.680. The second-order valence-corrected chi connectivity index (χ2v) is 4.96. The number of nitrogens with two attached hydrogens (primary N) is 1. The largest absolute Gasteiger partial charge is 0.392 e. The molecule has 5 heteroatoms. The maximum absolute atomic E-state index is 12.3. The summed E-state index contributed by atoms with van der Waals surface area (Å²) in [7, 11) is 0. The maximum Gasteiger partial charge on any atom is 0.239 e. The zero-order valence-corrected chi connectivity index (χ0v) is 11.8. The number of hydrogen-bond acceptors (Lipinski definition) is 3. The number of rotatable bonds is 5. The first-order valence-corrected chi connectivity index (χ1v) is 6.77. The standard InChI is InChI=1S/C12H23N3OS/c1-4-14(5-2)12(16)9(3)15-8-6-7-10(15)11(13)17/h9-10H,4-8H2,1-3H3,(H2,13,17). The van der Waals surface area contributed by atoms with Crippen LogP contribution >= 0.6 is 12.2 Å². The van der Waals surface area contributed by atoms with Gasteiger partial charge in [-0.25, -0.2) is 0 Å². The molecule has 1 fully saturated rings. The minimum absolute atomic E-state index is 0.0968. The van der Waals surface area contributed by atoms with E-state index in [2.05, 4.69) is 4.90 Å². The Bertz CT molecular complexity index is 291. The zero-order valence-electron chi connectivity index (χ0n) is 11.0. The number of likely N-dealkylation sites (tertiary alicyclic amines) is 1. The van der Waals surface area contributed by atoms with Gasteiger partial charge in [0.15, 0.2) is 0 Å². The lowest BCUT2D eigenvalue weighted by atomic mass is 10.2. The molecule has 4 nitrogen and oxygen atoms in total. The van der Waals surface area contributed by atoms with Crippen LogP contribution in [0.4, 0.5) is 0 Å². The van der Waals surface area contributed by atoms with Crippen molar-refractivity contribution in [2.45, 2.75) is 45.7 Å². The van der Waals surface area contributed by atoms with Crippen molar-refractivity contribution in [3.63, 3.8) is 0 Å². The fourth-order valence-corrected chi connectivity index (χ4v) is 2.75. The molecule has 0 radical (unpaired) electrons. The second kappa shape index (κ2) is 6.31. The van der Waals surface area contributed by atoms with Crippen molar-refractivity contribution in [2.75, 3.05) is 19.6 Å². The molecule has 2 N–H and O–H groups in total. The summed E-state index contributed by atoms with van der Waals surface area (Å²) in [6.45, 7) is 8.39. The van der Waals surface area contributed by atoms with Gasteiger partial charge in [-0.15, -0.1) is 0 Å². The van der Waals surface area contributed by atoms with Gasteiger partial charge in [-0.2, -0.15) is 0 Å². The quantitative estimate of drug-likeness (QED) is 0.746. The fourth-order valence-electron chi connectivity index (χ4n) is 2.50. The molecule has 2 unspecified atom stereocenters. The van der Waals surface area contributed by atoms with Crippen molar-refractivity contribution in [3.05, 3.63) is 0 Å². The first-order valence-electron chi connectivity index (χ1n) is 6.36. The van der Waals surface area contributed by atoms with Crippen molar-refractivity contribution in [2.24, 2.45) is 5.73 Å². The first kappa shape index (κ1) is 14.4. The monoisotopic (exact) mass is 257 g/mol. The normalized spacial score (nSPS) is 22.4. The van der Waals surface area contributed by atoms with Gasteiger partial charge >= 0.3 is 0 Å². The number of likely N-dealkylation sites (N-methyl/N-ethyl adjacent to an activating group) is 1. The van der Waals surface area contributed by atoms with Crippen LogP contribution in [0.3, 0.4) is 0 Å². The average Bonchev–Trinajstić information content (AvgIpc) is 2.78. The van der Waals surface area contributed by atoms with E-state index in [-0.39, 0.29) is 18.0 Å². The topological polar surface area (TPSA) is 49.6 Å². The summed E-state index contributed by atoms with van der Waals surface area (Å²) in [5.74, 6) is 0.179. The van der Waals surface area contributed by atoms with E-state index in [1.165, 1.54) is 0 Å². The van der Waals surface area contributed by atoms with Gasteiger partial charge in [0, 0.05) is 13.1 Å². The molecular weight excluding hydrogens is 234 g/mol. The summed E-state index contributed by atoms with van der Waals surface area (Å²) in [4.78, 5) is 16.8. The molecule has 0 bridgehead atoms. The van der Waals surface area contributed by atoms with Crippen LogP contribution in [0, 0.1) is 0 Å². The third kappa shape index (κ3) is 3.16. The van der Waals surface area contributed by atoms with Crippen molar-refractivity contribution in [3.8, 4) is 0 Å². The molecule has 1 aliphatic rings. The summed E-state index contributed by atoms with van der Waals surface area (Å²) in [5, 5.41) is 0. The minimum Gasteiger partial charge on any atom is -0.392 e. The minimum atomic E-state index is -0.121. The summed E-state index contributed by atoms with van der Waals surface area (Å²) >= 11 is 5.07. The molecule has 0 aromatic heterocycles. The summed E-state index contributed by atoms with van der Waals surface area (Å²) in [5.41, 5.74) is 5.73. The predicted molar refractivity (Wildman–Crippen MR) is 73.9 cm³/mol. The molecule has 0 aliphatic carbocycles. The van der Waals surface area contributed by atoms with Crippen LogP contribution in [-0.4, -0.2) is 52.4 Å². The molecule has 1 heterocycles. The summed E-state index contributed by atoms with van der Waals surface area (Å²) in [6, 6.07) is -0.0246. The van der Waals surface area contributed by atoms with Crippen LogP contribution in [0.25, 0.3) is 0 Å². The van der Waals surface area contributed by atoms with Crippen LogP contribution in [0.1, 0.15) is 33.6 Å². The molecule has 0 saturated carbocycles. The second-order valence-electron chi connectivity index (χ2n) is 4.48. The van der Waals surface area contributed by atoms with Crippen LogP contribution in [0.2, 0.25) is 0 Å². The summed E-state index contributed by atoms with van der Waals surface area (Å²) in [6.07, 6.45) is 2.04. The van der Waals surface area contributed by atoms with E-state index in [4.69, 9.17) is 18.0 Å². The highest BCUT2D eigenvalue weighted by Gasteiger charge is 2.34. The predicted octanol–water partition coefficient (Wildman–Crippen LogP) is 0.994. The van der Waals surface area contributed by atoms with Crippen LogP contribution in [-0.2, 0) is 4.79 Å². The van der Waals surface area contributed by atoms with Crippen molar-refractivity contribution in [1.82, 2.24) is 9.80 Å². The Balaban J connectivity index is 2.71. The van der Waals surface area contributed by atoms with Gasteiger partial charge in [-0.3, -0.25) is 9.69 Å². The van der Waals surface area contributed by atoms with Crippen molar-refractivity contribution >= 4 is 23.1 Å². The maximum atomic E-state index is 12.3. The molecule has 0 aromatic carbocycles. The highest BCUT2D eigenvalue weighted by atomic mass is 32.1. The van der Waals surface area contributed by atoms with Gasteiger partial charge in [0.05, 0.1) is 17.1 Å². The van der Waals surface area contributed by atoms with Gasteiger partial charge in [0.1, 0.15) is 0 Å². The Morgan fingerprint density at radius 3 is 2.59 bits per heavy atom. The lowest BCUT2D eigenvalue weighted by molar-refractivity contribution is -0.136. The van der Waals surface area contributed by atoms with E-state index in [0.717, 1.165) is 32.5 Å². The molecule has 0 aromatic rings. The molecule has 1 rings (SSSR count). The molecule has 1 saturated heterocycles. The Kier molecular flexibility index (Phi) is 5.33. The van der Waals surface area contributed by atoms with E-state index in [1.54, 1.807) is 0 Å². The van der Waals surface area contributed by atoms with Gasteiger partial charge in [0.2, 0.25) is 5.91 Å². The Labute approximate surface area is 109 Å². The fraction of sp³-hybridized carbons (Fsp3) is 0.833. The highest BCUT2D eigenvalue weighted by Crippen LogP contribution is 2.21. The SMILES string of the molecule is CCN(CC)C(=O)C(C)N1CCCC1C(N)=S. The van der Waals surface area contributed by atoms with Crippen LogP contribution in [0.5, 0.6) is 0 Å². The van der Waals surface area contributed by atoms with E-state index < -0.39 is 0 Å². The molecule has 98 valence electrons. The number of hydrogen-bond donors (Lipinski definition) is 1. The van der Waals surface area contributed by atoms with E-state index in [9.17, 15) is 4.79 Å². The molecular formula is C12H23N3OS. The molecule has 2 atom stereocenters. The molecule has 1 aliphatic heterocycles. The van der Waals surface area contributed by atoms with Gasteiger partial charge < -0.3 is 10.6 Å². The van der Waals surface area contributed by atoms with Crippen molar-refractivity contribution in [1.29, 1.82) is 0 Å². The average molecular weight is 257 g/mol. The molecule has 1 amide bonds. The van der Waals surface area contributed by atoms with Gasteiger partial charge in [-0.05, 0) is 40.2 Å². The number of carbonyl (C=O) groups is 1. The van der Waals surface area contributed by atoms with Crippen molar-refractivity contribution < 1.29 is 4.79 Å². The van der Waals surface area contributed by atoms with E-state index >= 15 is 0 Å². The van der Waals surface area contributed by atoms with E-state index in [0.29, 0.717) is 4.99 Å². The number of thiocarbonyl (C=S) groups is 1. The molecule has 0 spiro atoms. The lowest BCUT2D eigenvalue weighted by Gasteiger charge is -2.32. The third-order valence-corrected chi connectivity index (χ3v) is 3.82. The van der Waals surface area contributed by atoms with Crippen LogP contribution in [0.15, 0.2) is 0 Å². The smallest absolute Gasteiger partial charge is 0.239 e. The van der Waals surface area contributed by atoms with Crippen LogP contribution < -0.4 is 5.73 Å². The van der Waals surface area contributed by atoms with E-state index in [1.807, 2.05) is 25.7 Å². The number of nitrogens with zero attached hydrogens (tertiary/aromatic N) is 2. The summed E-state index contributed by atoms with van der Waals surface area (Å²) < 4.78 is 0. The van der Waals surface area contributed by atoms with Gasteiger partial charge in [0.25, 0.3) is 0 Å². The number of amides is 1. The number of carbonyl (C=O) groups excluding carboxylic acids is 1. The van der Waals surface area contributed by atoms with Gasteiger partial charge in [-0.1, -0.05) is 12.2 Å². The zero-order chi connectivity index (χ0) is 13.0. The highest BCUT2D eigenvalue weighted by molar-refractivity contribution is 7.80. The Morgan fingerprint density at radius 1 is 1.53 bits per heavy atom.